The van der Waals surface area contributed by atoms with Crippen LogP contribution in [-0.4, -0.2) is 41.8 Å². The van der Waals surface area contributed by atoms with Crippen molar-refractivity contribution in [3.05, 3.63) is 21.3 Å². The van der Waals surface area contributed by atoms with E-state index in [9.17, 15) is 9.59 Å². The fourth-order valence-electron chi connectivity index (χ4n) is 2.42. The molecule has 0 saturated carbocycles. The zero-order valence-electron chi connectivity index (χ0n) is 11.0. The van der Waals surface area contributed by atoms with Gasteiger partial charge in [0.15, 0.2) is 5.78 Å². The van der Waals surface area contributed by atoms with E-state index in [0.717, 1.165) is 0 Å². The first-order valence-electron chi connectivity index (χ1n) is 6.37. The van der Waals surface area contributed by atoms with Crippen molar-refractivity contribution in [3.8, 4) is 0 Å². The van der Waals surface area contributed by atoms with Crippen LogP contribution in [-0.2, 0) is 4.79 Å². The molecule has 1 aromatic rings. The first-order chi connectivity index (χ1) is 9.04. The number of carbonyl (C=O) groups excluding carboxylic acids is 2. The average Bonchev–Trinajstić information content (AvgIpc) is 2.83. The minimum absolute atomic E-state index is 0.0117. The summed E-state index contributed by atoms with van der Waals surface area (Å²) in [5.41, 5.74) is 0. The zero-order chi connectivity index (χ0) is 14.0. The fourth-order valence-corrected chi connectivity index (χ4v) is 3.48. The van der Waals surface area contributed by atoms with Crippen LogP contribution >= 0.6 is 22.9 Å². The highest BCUT2D eigenvalue weighted by Gasteiger charge is 2.34. The smallest absolute Gasteiger partial charge is 0.237 e. The molecule has 1 aliphatic heterocycles. The third kappa shape index (κ3) is 2.99. The number of hydrogen-bond donors (Lipinski definition) is 1. The van der Waals surface area contributed by atoms with Crippen molar-refractivity contribution >= 4 is 34.6 Å². The molecule has 2 atom stereocenters. The average molecular weight is 301 g/mol. The number of ketones is 1. The molecule has 6 heteroatoms. The molecule has 2 heterocycles. The second-order valence-corrected chi connectivity index (χ2v) is 6.31. The van der Waals surface area contributed by atoms with E-state index >= 15 is 0 Å². The van der Waals surface area contributed by atoms with Gasteiger partial charge in [-0.15, -0.1) is 11.3 Å². The van der Waals surface area contributed by atoms with Gasteiger partial charge in [0, 0.05) is 13.1 Å². The van der Waals surface area contributed by atoms with Crippen molar-refractivity contribution in [2.24, 2.45) is 0 Å². The number of hydrogen-bond acceptors (Lipinski definition) is 4. The number of nitrogens with zero attached hydrogens (tertiary/aromatic N) is 1. The molecule has 1 amide bonds. The van der Waals surface area contributed by atoms with Gasteiger partial charge in [0.1, 0.15) is 0 Å². The van der Waals surface area contributed by atoms with E-state index in [1.807, 2.05) is 18.7 Å². The highest BCUT2D eigenvalue weighted by atomic mass is 35.5. The predicted octanol–water partition coefficient (Wildman–Crippen LogP) is 2.18. The molecule has 2 rings (SSSR count). The maximum absolute atomic E-state index is 12.4. The number of amides is 1. The van der Waals surface area contributed by atoms with Crippen LogP contribution in [0.4, 0.5) is 0 Å². The highest BCUT2D eigenvalue weighted by Crippen LogP contribution is 2.24. The summed E-state index contributed by atoms with van der Waals surface area (Å²) >= 11 is 7.15. The second kappa shape index (κ2) is 6.03. The van der Waals surface area contributed by atoms with Gasteiger partial charge in [-0.3, -0.25) is 14.5 Å². The summed E-state index contributed by atoms with van der Waals surface area (Å²) in [5, 5.41) is 2.84. The topological polar surface area (TPSA) is 49.4 Å². The molecular weight excluding hydrogens is 284 g/mol. The summed E-state index contributed by atoms with van der Waals surface area (Å²) < 4.78 is 0.610. The van der Waals surface area contributed by atoms with Crippen LogP contribution in [0.15, 0.2) is 12.1 Å². The Kier molecular flexibility index (Phi) is 4.60. The van der Waals surface area contributed by atoms with Gasteiger partial charge in [0.2, 0.25) is 5.91 Å². The van der Waals surface area contributed by atoms with E-state index in [4.69, 9.17) is 11.6 Å². The van der Waals surface area contributed by atoms with E-state index in [1.165, 1.54) is 11.3 Å². The Bertz CT molecular complexity index is 489. The van der Waals surface area contributed by atoms with Crippen LogP contribution in [0.5, 0.6) is 0 Å². The van der Waals surface area contributed by atoms with Gasteiger partial charge in [-0.2, -0.15) is 0 Å². The lowest BCUT2D eigenvalue weighted by Crippen LogP contribution is -2.59. The lowest BCUT2D eigenvalue weighted by atomic mass is 10.0. The quantitative estimate of drug-likeness (QED) is 0.867. The van der Waals surface area contributed by atoms with Crippen molar-refractivity contribution in [1.29, 1.82) is 0 Å². The molecule has 0 aliphatic carbocycles. The number of carbonyl (C=O) groups is 2. The first kappa shape index (κ1) is 14.5. The Labute approximate surface area is 121 Å². The second-order valence-electron chi connectivity index (χ2n) is 4.60. The Balaban J connectivity index is 2.15. The lowest BCUT2D eigenvalue weighted by molar-refractivity contribution is -0.129. The van der Waals surface area contributed by atoms with Gasteiger partial charge in [-0.05, 0) is 25.5 Å². The van der Waals surface area contributed by atoms with Gasteiger partial charge < -0.3 is 5.32 Å². The van der Waals surface area contributed by atoms with E-state index in [0.29, 0.717) is 28.7 Å². The Morgan fingerprint density at radius 1 is 1.63 bits per heavy atom. The number of piperazine rings is 1. The van der Waals surface area contributed by atoms with Crippen molar-refractivity contribution in [3.63, 3.8) is 0 Å². The number of nitrogens with one attached hydrogen (secondary N) is 1. The van der Waals surface area contributed by atoms with Gasteiger partial charge >= 0.3 is 0 Å². The summed E-state index contributed by atoms with van der Waals surface area (Å²) in [6.45, 7) is 5.12. The molecule has 1 aromatic heterocycles. The molecule has 1 fully saturated rings. The summed E-state index contributed by atoms with van der Waals surface area (Å²) in [6, 6.07) is 2.96. The molecule has 0 aromatic carbocycles. The Morgan fingerprint density at radius 3 is 2.95 bits per heavy atom. The molecule has 1 N–H and O–H groups in total. The number of thiophene rings is 1. The van der Waals surface area contributed by atoms with E-state index in [1.54, 1.807) is 12.1 Å². The molecule has 0 radical (unpaired) electrons. The molecule has 19 heavy (non-hydrogen) atoms. The third-order valence-electron chi connectivity index (χ3n) is 3.45. The maximum Gasteiger partial charge on any atom is 0.237 e. The Morgan fingerprint density at radius 2 is 2.37 bits per heavy atom. The summed E-state index contributed by atoms with van der Waals surface area (Å²) in [6.07, 6.45) is 0.703. The standard InChI is InChI=1S/C13H17ClN2O2S/c1-3-9-13(18)15-6-7-16(9)8(2)12(17)10-4-5-11(14)19-10/h4-5,8-9H,3,6-7H2,1-2H3,(H,15,18). The van der Waals surface area contributed by atoms with Gasteiger partial charge in [0.25, 0.3) is 0 Å². The highest BCUT2D eigenvalue weighted by molar-refractivity contribution is 7.18. The molecule has 4 nitrogen and oxygen atoms in total. The minimum atomic E-state index is -0.300. The molecule has 2 unspecified atom stereocenters. The SMILES string of the molecule is CCC1C(=O)NCCN1C(C)C(=O)c1ccc(Cl)s1. The molecule has 1 aliphatic rings. The van der Waals surface area contributed by atoms with Crippen LogP contribution in [0.1, 0.15) is 29.9 Å². The maximum atomic E-state index is 12.4. The number of rotatable bonds is 4. The van der Waals surface area contributed by atoms with Gasteiger partial charge in [0.05, 0.1) is 21.3 Å². The third-order valence-corrected chi connectivity index (χ3v) is 4.70. The van der Waals surface area contributed by atoms with Gasteiger partial charge in [-0.25, -0.2) is 0 Å². The lowest BCUT2D eigenvalue weighted by Gasteiger charge is -2.37. The molecule has 0 bridgehead atoms. The van der Waals surface area contributed by atoms with Crippen LogP contribution in [0.2, 0.25) is 4.34 Å². The van der Waals surface area contributed by atoms with E-state index in [-0.39, 0.29) is 23.8 Å². The van der Waals surface area contributed by atoms with Crippen LogP contribution in [0.3, 0.4) is 0 Å². The van der Waals surface area contributed by atoms with Crippen LogP contribution in [0.25, 0.3) is 0 Å². The van der Waals surface area contributed by atoms with Gasteiger partial charge in [-0.1, -0.05) is 18.5 Å². The molecule has 104 valence electrons. The zero-order valence-corrected chi connectivity index (χ0v) is 12.6. The summed E-state index contributed by atoms with van der Waals surface area (Å²) in [5.74, 6) is 0.0441. The van der Waals surface area contributed by atoms with Crippen molar-refractivity contribution in [2.75, 3.05) is 13.1 Å². The van der Waals surface area contributed by atoms with Crippen LogP contribution < -0.4 is 5.32 Å². The normalized spacial score (nSPS) is 22.1. The predicted molar refractivity (Wildman–Crippen MR) is 76.9 cm³/mol. The molecule has 0 spiro atoms. The van der Waals surface area contributed by atoms with Crippen molar-refractivity contribution < 1.29 is 9.59 Å². The van der Waals surface area contributed by atoms with E-state index in [2.05, 4.69) is 5.32 Å². The largest absolute Gasteiger partial charge is 0.353 e. The summed E-state index contributed by atoms with van der Waals surface area (Å²) in [4.78, 5) is 26.9. The fraction of sp³-hybridized carbons (Fsp3) is 0.538. The molecule has 1 saturated heterocycles. The number of halogens is 1. The monoisotopic (exact) mass is 300 g/mol. The number of Topliss-reactive ketones (excluding diaryl/α,β-unsaturated/α-hetero) is 1. The van der Waals surface area contributed by atoms with E-state index < -0.39 is 0 Å². The minimum Gasteiger partial charge on any atom is -0.353 e. The Hall–Kier alpha value is -0.910. The van der Waals surface area contributed by atoms with Crippen LogP contribution in [0, 0.1) is 0 Å². The van der Waals surface area contributed by atoms with Crippen molar-refractivity contribution in [2.45, 2.75) is 32.4 Å². The summed E-state index contributed by atoms with van der Waals surface area (Å²) in [7, 11) is 0. The first-order valence-corrected chi connectivity index (χ1v) is 7.57. The molecular formula is C13H17ClN2O2S. The van der Waals surface area contributed by atoms with Crippen molar-refractivity contribution in [1.82, 2.24) is 10.2 Å².